The predicted octanol–water partition coefficient (Wildman–Crippen LogP) is 4.44. The van der Waals surface area contributed by atoms with Crippen molar-refractivity contribution in [2.45, 2.75) is 39.0 Å². The number of unbranched alkanes of at least 4 members (excludes halogenated alkanes) is 1. The number of aromatic nitrogens is 1. The normalized spacial score (nSPS) is 10.4. The zero-order valence-electron chi connectivity index (χ0n) is 12.2. The van der Waals surface area contributed by atoms with Gasteiger partial charge in [0.25, 0.3) is 0 Å². The summed E-state index contributed by atoms with van der Waals surface area (Å²) in [7, 11) is 0. The van der Waals surface area contributed by atoms with Crippen LogP contribution in [-0.2, 0) is 12.8 Å². The second kappa shape index (κ2) is 8.36. The Morgan fingerprint density at radius 1 is 0.950 bits per heavy atom. The number of aryl methyl sites for hydroxylation is 2. The summed E-state index contributed by atoms with van der Waals surface area (Å²) in [5, 5.41) is 0. The van der Waals surface area contributed by atoms with Crippen molar-refractivity contribution in [1.29, 1.82) is 0 Å². The van der Waals surface area contributed by atoms with Crippen molar-refractivity contribution >= 4 is 0 Å². The first-order valence-electron chi connectivity index (χ1n) is 7.49. The van der Waals surface area contributed by atoms with E-state index in [2.05, 4.69) is 42.2 Å². The molecule has 20 heavy (non-hydrogen) atoms. The molecule has 1 heterocycles. The Bertz CT molecular complexity index is 479. The summed E-state index contributed by atoms with van der Waals surface area (Å²) < 4.78 is 5.67. The summed E-state index contributed by atoms with van der Waals surface area (Å²) in [6, 6.07) is 12.6. The number of benzene rings is 1. The van der Waals surface area contributed by atoms with Crippen molar-refractivity contribution in [2.75, 3.05) is 6.61 Å². The van der Waals surface area contributed by atoms with Crippen LogP contribution < -0.4 is 4.74 Å². The van der Waals surface area contributed by atoms with Crippen LogP contribution in [0.3, 0.4) is 0 Å². The van der Waals surface area contributed by atoms with Crippen molar-refractivity contribution in [3.63, 3.8) is 0 Å². The summed E-state index contributed by atoms with van der Waals surface area (Å²) in [5.74, 6) is 0.981. The van der Waals surface area contributed by atoms with Crippen molar-refractivity contribution in [1.82, 2.24) is 4.98 Å². The number of hydrogen-bond acceptors (Lipinski definition) is 2. The van der Waals surface area contributed by atoms with Gasteiger partial charge in [0.15, 0.2) is 0 Å². The fraction of sp³-hybridized carbons (Fsp3) is 0.389. The van der Waals surface area contributed by atoms with E-state index in [-0.39, 0.29) is 0 Å². The number of nitrogens with zero attached hydrogens (tertiary/aromatic N) is 1. The Balaban J connectivity index is 1.73. The van der Waals surface area contributed by atoms with Gasteiger partial charge in [0.05, 0.1) is 6.61 Å². The largest absolute Gasteiger partial charge is 0.494 e. The van der Waals surface area contributed by atoms with Gasteiger partial charge in [-0.1, -0.05) is 31.5 Å². The molecule has 0 aliphatic carbocycles. The summed E-state index contributed by atoms with van der Waals surface area (Å²) in [6.45, 7) is 2.99. The van der Waals surface area contributed by atoms with Crippen molar-refractivity contribution in [2.24, 2.45) is 0 Å². The smallest absolute Gasteiger partial charge is 0.119 e. The molecule has 1 aromatic heterocycles. The van der Waals surface area contributed by atoms with Crippen LogP contribution in [0, 0.1) is 0 Å². The maximum absolute atomic E-state index is 5.67. The topological polar surface area (TPSA) is 22.1 Å². The standard InChI is InChI=1S/C18H23NO/c1-2-3-14-20-18-11-9-16(10-12-18)6-4-7-17-8-5-13-19-15-17/h5,8-13,15H,2-4,6-7,14H2,1H3. The first-order valence-corrected chi connectivity index (χ1v) is 7.49. The van der Waals surface area contributed by atoms with Gasteiger partial charge in [0.2, 0.25) is 0 Å². The molecule has 106 valence electrons. The molecule has 2 aromatic rings. The van der Waals surface area contributed by atoms with E-state index in [1.807, 2.05) is 18.5 Å². The molecule has 0 unspecified atom stereocenters. The molecule has 2 heteroatoms. The zero-order valence-corrected chi connectivity index (χ0v) is 12.2. The number of hydrogen-bond donors (Lipinski definition) is 0. The van der Waals surface area contributed by atoms with Gasteiger partial charge < -0.3 is 4.74 Å². The Morgan fingerprint density at radius 3 is 2.45 bits per heavy atom. The molecule has 0 N–H and O–H groups in total. The minimum Gasteiger partial charge on any atom is -0.494 e. The Morgan fingerprint density at radius 2 is 1.75 bits per heavy atom. The van der Waals surface area contributed by atoms with Gasteiger partial charge in [0, 0.05) is 12.4 Å². The second-order valence-electron chi connectivity index (χ2n) is 5.06. The van der Waals surface area contributed by atoms with E-state index in [0.29, 0.717) is 0 Å². The van der Waals surface area contributed by atoms with E-state index in [1.165, 1.54) is 17.5 Å². The highest BCUT2D eigenvalue weighted by Crippen LogP contribution is 2.14. The lowest BCUT2D eigenvalue weighted by atomic mass is 10.1. The highest BCUT2D eigenvalue weighted by Gasteiger charge is 1.97. The maximum Gasteiger partial charge on any atom is 0.119 e. The van der Waals surface area contributed by atoms with Crippen molar-refractivity contribution in [3.8, 4) is 5.75 Å². The summed E-state index contributed by atoms with van der Waals surface area (Å²) >= 11 is 0. The van der Waals surface area contributed by atoms with E-state index in [9.17, 15) is 0 Å². The Hall–Kier alpha value is -1.83. The van der Waals surface area contributed by atoms with Crippen LogP contribution >= 0.6 is 0 Å². The molecule has 0 atom stereocenters. The van der Waals surface area contributed by atoms with E-state index in [1.54, 1.807) is 0 Å². The van der Waals surface area contributed by atoms with E-state index in [0.717, 1.165) is 38.0 Å². The molecular weight excluding hydrogens is 246 g/mol. The lowest BCUT2D eigenvalue weighted by Crippen LogP contribution is -1.96. The van der Waals surface area contributed by atoms with Gasteiger partial charge in [-0.15, -0.1) is 0 Å². The first kappa shape index (κ1) is 14.6. The molecule has 0 saturated heterocycles. The van der Waals surface area contributed by atoms with Crippen LogP contribution in [0.1, 0.15) is 37.3 Å². The third-order valence-electron chi connectivity index (χ3n) is 3.34. The van der Waals surface area contributed by atoms with E-state index < -0.39 is 0 Å². The fourth-order valence-electron chi connectivity index (χ4n) is 2.13. The van der Waals surface area contributed by atoms with Gasteiger partial charge in [-0.2, -0.15) is 0 Å². The first-order chi connectivity index (χ1) is 9.88. The summed E-state index contributed by atoms with van der Waals surface area (Å²) in [6.07, 6.45) is 9.40. The third-order valence-corrected chi connectivity index (χ3v) is 3.34. The van der Waals surface area contributed by atoms with Crippen LogP contribution in [0.25, 0.3) is 0 Å². The lowest BCUT2D eigenvalue weighted by molar-refractivity contribution is 0.309. The highest BCUT2D eigenvalue weighted by atomic mass is 16.5. The fourth-order valence-corrected chi connectivity index (χ4v) is 2.13. The minimum atomic E-state index is 0.816. The van der Waals surface area contributed by atoms with Gasteiger partial charge in [-0.05, 0) is 55.0 Å². The minimum absolute atomic E-state index is 0.816. The summed E-state index contributed by atoms with van der Waals surface area (Å²) in [5.41, 5.74) is 2.68. The van der Waals surface area contributed by atoms with E-state index >= 15 is 0 Å². The zero-order chi connectivity index (χ0) is 14.0. The number of rotatable bonds is 8. The number of pyridine rings is 1. The lowest BCUT2D eigenvalue weighted by Gasteiger charge is -2.06. The molecule has 0 aliphatic heterocycles. The molecular formula is C18H23NO. The Labute approximate surface area is 121 Å². The van der Waals surface area contributed by atoms with Gasteiger partial charge in [-0.3, -0.25) is 4.98 Å². The van der Waals surface area contributed by atoms with Crippen LogP contribution in [0.2, 0.25) is 0 Å². The van der Waals surface area contributed by atoms with Crippen LogP contribution in [-0.4, -0.2) is 11.6 Å². The second-order valence-corrected chi connectivity index (χ2v) is 5.06. The van der Waals surface area contributed by atoms with Crippen molar-refractivity contribution < 1.29 is 4.74 Å². The average Bonchev–Trinajstić information content (AvgIpc) is 2.50. The molecule has 0 fully saturated rings. The maximum atomic E-state index is 5.67. The van der Waals surface area contributed by atoms with Crippen LogP contribution in [0.15, 0.2) is 48.8 Å². The average molecular weight is 269 g/mol. The Kier molecular flexibility index (Phi) is 6.09. The van der Waals surface area contributed by atoms with Crippen molar-refractivity contribution in [3.05, 3.63) is 59.9 Å². The third kappa shape index (κ3) is 5.04. The van der Waals surface area contributed by atoms with Crippen LogP contribution in [0.5, 0.6) is 5.75 Å². The highest BCUT2D eigenvalue weighted by molar-refractivity contribution is 5.27. The van der Waals surface area contributed by atoms with Gasteiger partial charge in [0.1, 0.15) is 5.75 Å². The molecule has 0 aliphatic rings. The van der Waals surface area contributed by atoms with E-state index in [4.69, 9.17) is 4.74 Å². The quantitative estimate of drug-likeness (QED) is 0.661. The molecule has 0 radical (unpaired) electrons. The SMILES string of the molecule is CCCCOc1ccc(CCCc2cccnc2)cc1. The predicted molar refractivity (Wildman–Crippen MR) is 83.1 cm³/mol. The van der Waals surface area contributed by atoms with Crippen LogP contribution in [0.4, 0.5) is 0 Å². The molecule has 0 amide bonds. The summed E-state index contributed by atoms with van der Waals surface area (Å²) in [4.78, 5) is 4.14. The molecule has 2 nitrogen and oxygen atoms in total. The molecule has 0 saturated carbocycles. The molecule has 1 aromatic carbocycles. The van der Waals surface area contributed by atoms with Gasteiger partial charge >= 0.3 is 0 Å². The van der Waals surface area contributed by atoms with Gasteiger partial charge in [-0.25, -0.2) is 0 Å². The monoisotopic (exact) mass is 269 g/mol. The molecule has 2 rings (SSSR count). The molecule has 0 spiro atoms. The number of ether oxygens (including phenoxy) is 1. The molecule has 0 bridgehead atoms.